The predicted molar refractivity (Wildman–Crippen MR) is 124 cm³/mol. The zero-order valence-corrected chi connectivity index (χ0v) is 18.2. The summed E-state index contributed by atoms with van der Waals surface area (Å²) in [5.74, 6) is -0.102. The zero-order chi connectivity index (χ0) is 23.4. The smallest absolute Gasteiger partial charge is 0.269 e. The van der Waals surface area contributed by atoms with E-state index in [9.17, 15) is 19.3 Å². The van der Waals surface area contributed by atoms with Crippen LogP contribution < -0.4 is 5.32 Å². The van der Waals surface area contributed by atoms with Gasteiger partial charge in [-0.1, -0.05) is 42.1 Å². The number of non-ortho nitro benzene ring substituents is 1. The van der Waals surface area contributed by atoms with Crippen LogP contribution in [0.1, 0.15) is 6.92 Å². The normalized spacial score (nSPS) is 11.7. The molecule has 1 unspecified atom stereocenters. The topological polar surface area (TPSA) is 103 Å². The quantitative estimate of drug-likeness (QED) is 0.232. The number of amides is 1. The number of hydrogen-bond acceptors (Lipinski definition) is 6. The van der Waals surface area contributed by atoms with Gasteiger partial charge in [-0.15, -0.1) is 10.2 Å². The number of benzene rings is 3. The van der Waals surface area contributed by atoms with E-state index in [-0.39, 0.29) is 17.4 Å². The van der Waals surface area contributed by atoms with E-state index in [1.807, 2.05) is 30.3 Å². The largest absolute Gasteiger partial charge is 0.325 e. The number of hydrogen-bond donors (Lipinski definition) is 1. The summed E-state index contributed by atoms with van der Waals surface area (Å²) in [5.41, 5.74) is 1.87. The van der Waals surface area contributed by atoms with E-state index >= 15 is 0 Å². The van der Waals surface area contributed by atoms with Crippen LogP contribution >= 0.6 is 11.8 Å². The van der Waals surface area contributed by atoms with Crippen molar-refractivity contribution < 1.29 is 14.1 Å². The third-order valence-electron chi connectivity index (χ3n) is 4.75. The molecular formula is C23H18FN5O3S. The Labute approximate surface area is 192 Å². The second-order valence-corrected chi connectivity index (χ2v) is 8.35. The van der Waals surface area contributed by atoms with E-state index in [0.29, 0.717) is 22.4 Å². The highest BCUT2D eigenvalue weighted by Gasteiger charge is 2.22. The standard InChI is InChI=1S/C23H18FN5O3S/c1-15(22(30)25-18-9-13-20(14-10-18)29(31)32)33-23-27-26-21(16-5-3-2-4-6-16)28(23)19-11-7-17(24)8-12-19/h2-15H,1H3,(H,25,30). The Kier molecular flexibility index (Phi) is 6.45. The Morgan fingerprint density at radius 1 is 1.03 bits per heavy atom. The Morgan fingerprint density at radius 3 is 2.33 bits per heavy atom. The summed E-state index contributed by atoms with van der Waals surface area (Å²) >= 11 is 1.20. The molecule has 0 fully saturated rings. The van der Waals surface area contributed by atoms with Crippen molar-refractivity contribution >= 4 is 29.0 Å². The van der Waals surface area contributed by atoms with Gasteiger partial charge in [0.1, 0.15) is 5.82 Å². The maximum atomic E-state index is 13.5. The Hall–Kier alpha value is -4.05. The molecule has 4 aromatic rings. The Morgan fingerprint density at radius 2 is 1.70 bits per heavy atom. The molecule has 3 aromatic carbocycles. The fourth-order valence-corrected chi connectivity index (χ4v) is 3.93. The van der Waals surface area contributed by atoms with Crippen molar-refractivity contribution in [3.05, 3.63) is 94.8 Å². The molecule has 1 heterocycles. The molecule has 0 aliphatic heterocycles. The van der Waals surface area contributed by atoms with Crippen LogP contribution in [0.25, 0.3) is 17.1 Å². The number of thioether (sulfide) groups is 1. The van der Waals surface area contributed by atoms with E-state index in [2.05, 4.69) is 15.5 Å². The fraction of sp³-hybridized carbons (Fsp3) is 0.0870. The third kappa shape index (κ3) is 5.07. The Bertz CT molecular complexity index is 1280. The fourth-order valence-electron chi connectivity index (χ4n) is 3.07. The molecule has 33 heavy (non-hydrogen) atoms. The van der Waals surface area contributed by atoms with Gasteiger partial charge in [-0.05, 0) is 43.3 Å². The van der Waals surface area contributed by atoms with Crippen LogP contribution in [0.3, 0.4) is 0 Å². The molecule has 0 saturated carbocycles. The first-order valence-electron chi connectivity index (χ1n) is 9.91. The molecular weight excluding hydrogens is 445 g/mol. The molecule has 0 spiro atoms. The van der Waals surface area contributed by atoms with Crippen molar-refractivity contribution in [2.24, 2.45) is 0 Å². The summed E-state index contributed by atoms with van der Waals surface area (Å²) in [6.07, 6.45) is 0. The maximum Gasteiger partial charge on any atom is 0.269 e. The molecule has 1 aromatic heterocycles. The summed E-state index contributed by atoms with van der Waals surface area (Å²) in [7, 11) is 0. The molecule has 1 amide bonds. The summed E-state index contributed by atoms with van der Waals surface area (Å²) in [4.78, 5) is 23.0. The van der Waals surface area contributed by atoms with Crippen molar-refractivity contribution in [3.63, 3.8) is 0 Å². The lowest BCUT2D eigenvalue weighted by atomic mass is 10.2. The lowest BCUT2D eigenvalue weighted by Crippen LogP contribution is -2.22. The van der Waals surface area contributed by atoms with Crippen LogP contribution in [0.4, 0.5) is 15.8 Å². The average molecular weight is 463 g/mol. The number of halogens is 1. The highest BCUT2D eigenvalue weighted by molar-refractivity contribution is 8.00. The van der Waals surface area contributed by atoms with Gasteiger partial charge in [0, 0.05) is 29.1 Å². The number of aromatic nitrogens is 3. The molecule has 166 valence electrons. The van der Waals surface area contributed by atoms with Crippen LogP contribution in [0, 0.1) is 15.9 Å². The van der Waals surface area contributed by atoms with E-state index < -0.39 is 10.2 Å². The second kappa shape index (κ2) is 9.61. The summed E-state index contributed by atoms with van der Waals surface area (Å²) in [6.45, 7) is 1.72. The minimum Gasteiger partial charge on any atom is -0.325 e. The lowest BCUT2D eigenvalue weighted by Gasteiger charge is -2.14. The molecule has 8 nitrogen and oxygen atoms in total. The first-order chi connectivity index (χ1) is 15.9. The van der Waals surface area contributed by atoms with Crippen LogP contribution in [-0.4, -0.2) is 30.8 Å². The van der Waals surface area contributed by atoms with E-state index in [1.165, 1.54) is 48.2 Å². The number of carbonyl (C=O) groups is 1. The molecule has 0 bridgehead atoms. The Balaban J connectivity index is 1.59. The van der Waals surface area contributed by atoms with Crippen molar-refractivity contribution in [1.29, 1.82) is 0 Å². The molecule has 10 heteroatoms. The van der Waals surface area contributed by atoms with E-state index in [4.69, 9.17) is 0 Å². The van der Waals surface area contributed by atoms with Gasteiger partial charge in [-0.3, -0.25) is 19.5 Å². The molecule has 1 N–H and O–H groups in total. The van der Waals surface area contributed by atoms with Crippen LogP contribution in [0.5, 0.6) is 0 Å². The van der Waals surface area contributed by atoms with Gasteiger partial charge in [0.05, 0.1) is 10.2 Å². The van der Waals surface area contributed by atoms with Crippen LogP contribution in [0.15, 0.2) is 84.0 Å². The zero-order valence-electron chi connectivity index (χ0n) is 17.4. The monoisotopic (exact) mass is 463 g/mol. The summed E-state index contributed by atoms with van der Waals surface area (Å²) < 4.78 is 15.3. The van der Waals surface area contributed by atoms with Crippen molar-refractivity contribution in [1.82, 2.24) is 14.8 Å². The number of rotatable bonds is 7. The van der Waals surface area contributed by atoms with Crippen molar-refractivity contribution in [2.75, 3.05) is 5.32 Å². The molecule has 4 rings (SSSR count). The third-order valence-corrected chi connectivity index (χ3v) is 5.79. The average Bonchev–Trinajstić information content (AvgIpc) is 3.24. The molecule has 0 aliphatic carbocycles. The summed E-state index contributed by atoms with van der Waals surface area (Å²) in [5, 5.41) is 22.0. The number of nitrogens with zero attached hydrogens (tertiary/aromatic N) is 4. The van der Waals surface area contributed by atoms with Gasteiger partial charge < -0.3 is 5.32 Å². The number of nitrogens with one attached hydrogen (secondary N) is 1. The van der Waals surface area contributed by atoms with Gasteiger partial charge in [-0.2, -0.15) is 0 Å². The maximum absolute atomic E-state index is 13.5. The first-order valence-corrected chi connectivity index (χ1v) is 10.8. The SMILES string of the molecule is CC(Sc1nnc(-c2ccccc2)n1-c1ccc(F)cc1)C(=O)Nc1ccc([N+](=O)[O-])cc1. The molecule has 0 aliphatic rings. The second-order valence-electron chi connectivity index (χ2n) is 7.04. The number of nitro benzene ring substituents is 1. The van der Waals surface area contributed by atoms with Gasteiger partial charge in [0.15, 0.2) is 11.0 Å². The van der Waals surface area contributed by atoms with E-state index in [0.717, 1.165) is 5.56 Å². The summed E-state index contributed by atoms with van der Waals surface area (Å²) in [6, 6.07) is 21.0. The van der Waals surface area contributed by atoms with Crippen molar-refractivity contribution in [3.8, 4) is 17.1 Å². The highest BCUT2D eigenvalue weighted by Crippen LogP contribution is 2.30. The van der Waals surface area contributed by atoms with Gasteiger partial charge >= 0.3 is 0 Å². The lowest BCUT2D eigenvalue weighted by molar-refractivity contribution is -0.384. The van der Waals surface area contributed by atoms with Gasteiger partial charge in [-0.25, -0.2) is 4.39 Å². The highest BCUT2D eigenvalue weighted by atomic mass is 32.2. The van der Waals surface area contributed by atoms with Gasteiger partial charge in [0.25, 0.3) is 5.69 Å². The minimum absolute atomic E-state index is 0.0590. The van der Waals surface area contributed by atoms with Gasteiger partial charge in [0.2, 0.25) is 5.91 Å². The van der Waals surface area contributed by atoms with Crippen LogP contribution in [-0.2, 0) is 4.79 Å². The first kappa shape index (κ1) is 22.2. The minimum atomic E-state index is -0.563. The van der Waals surface area contributed by atoms with Crippen LogP contribution in [0.2, 0.25) is 0 Å². The molecule has 0 saturated heterocycles. The predicted octanol–water partition coefficient (Wildman–Crippen LogP) is 5.10. The molecule has 0 radical (unpaired) electrons. The number of anilines is 1. The number of carbonyl (C=O) groups excluding carboxylic acids is 1. The molecule has 1 atom stereocenters. The number of nitro groups is 1. The van der Waals surface area contributed by atoms with Crippen molar-refractivity contribution in [2.45, 2.75) is 17.3 Å². The van der Waals surface area contributed by atoms with E-state index in [1.54, 1.807) is 23.6 Å².